The third kappa shape index (κ3) is 4.71. The second-order valence-electron chi connectivity index (χ2n) is 7.96. The summed E-state index contributed by atoms with van der Waals surface area (Å²) in [5.41, 5.74) is 2.18. The van der Waals surface area contributed by atoms with Crippen LogP contribution >= 0.6 is 23.2 Å². The molecule has 178 valence electrons. The van der Waals surface area contributed by atoms with Crippen molar-refractivity contribution in [1.82, 2.24) is 4.90 Å². The number of fused-ring (bicyclic) bond motifs is 3. The number of ether oxygens (including phenoxy) is 3. The highest BCUT2D eigenvalue weighted by Gasteiger charge is 2.23. The minimum Gasteiger partial charge on any atom is -0.478 e. The van der Waals surface area contributed by atoms with Crippen molar-refractivity contribution in [3.63, 3.8) is 0 Å². The summed E-state index contributed by atoms with van der Waals surface area (Å²) in [5.74, 6) is 0.619. The highest BCUT2D eigenvalue weighted by Crippen LogP contribution is 2.34. The number of carbonyl (C=O) groups excluding carboxylic acids is 1. The third-order valence-electron chi connectivity index (χ3n) is 5.67. The van der Waals surface area contributed by atoms with Crippen molar-refractivity contribution in [2.24, 2.45) is 0 Å². The van der Waals surface area contributed by atoms with E-state index >= 15 is 0 Å². The van der Waals surface area contributed by atoms with Gasteiger partial charge in [-0.1, -0.05) is 29.3 Å². The molecule has 0 bridgehead atoms. The van der Waals surface area contributed by atoms with E-state index in [2.05, 4.69) is 4.74 Å². The van der Waals surface area contributed by atoms with Crippen LogP contribution in [0.4, 0.5) is 0 Å². The van der Waals surface area contributed by atoms with Crippen molar-refractivity contribution in [2.45, 2.75) is 13.1 Å². The van der Waals surface area contributed by atoms with Crippen molar-refractivity contribution in [2.75, 3.05) is 13.8 Å². The van der Waals surface area contributed by atoms with Crippen molar-refractivity contribution in [1.29, 1.82) is 0 Å². The van der Waals surface area contributed by atoms with Gasteiger partial charge >= 0.3 is 5.97 Å². The predicted molar refractivity (Wildman–Crippen MR) is 132 cm³/mol. The molecule has 0 radical (unpaired) electrons. The van der Waals surface area contributed by atoms with Crippen LogP contribution in [-0.2, 0) is 17.8 Å². The Morgan fingerprint density at radius 2 is 1.89 bits per heavy atom. The maximum absolute atomic E-state index is 13.1. The molecule has 35 heavy (non-hydrogen) atoms. The molecule has 2 heterocycles. The van der Waals surface area contributed by atoms with Gasteiger partial charge in [-0.25, -0.2) is 4.79 Å². The molecule has 0 fully saturated rings. The van der Waals surface area contributed by atoms with Gasteiger partial charge in [0.15, 0.2) is 0 Å². The van der Waals surface area contributed by atoms with E-state index in [1.807, 2.05) is 11.0 Å². The molecular weight excluding hydrogens is 493 g/mol. The highest BCUT2D eigenvalue weighted by atomic mass is 35.5. The third-order valence-corrected chi connectivity index (χ3v) is 6.25. The zero-order valence-corrected chi connectivity index (χ0v) is 20.1. The number of methoxy groups -OCH3 is 1. The van der Waals surface area contributed by atoms with E-state index in [-0.39, 0.29) is 11.2 Å². The van der Waals surface area contributed by atoms with Crippen LogP contribution in [0.1, 0.15) is 21.5 Å². The van der Waals surface area contributed by atoms with Crippen LogP contribution in [0, 0.1) is 0 Å². The Kier molecular flexibility index (Phi) is 6.38. The first-order valence-electron chi connectivity index (χ1n) is 10.7. The lowest BCUT2D eigenvalue weighted by Crippen LogP contribution is -2.31. The standard InChI is InChI=1S/C26H19Cl2NO6/c1-32-26(31)15-3-6-18(7-4-15)35-23-13-33-25-19(24(23)30)8-9-22-20(25)12-29(14-34-22)11-16-2-5-17(27)10-21(16)28/h2-10,13H,11-12,14H2,1H3. The maximum Gasteiger partial charge on any atom is 0.337 e. The van der Waals surface area contributed by atoms with E-state index in [1.54, 1.807) is 48.5 Å². The molecule has 0 saturated carbocycles. The van der Waals surface area contributed by atoms with Gasteiger partial charge in [-0.3, -0.25) is 9.69 Å². The average molecular weight is 512 g/mol. The summed E-state index contributed by atoms with van der Waals surface area (Å²) in [7, 11) is 1.31. The molecule has 1 aliphatic rings. The van der Waals surface area contributed by atoms with E-state index in [0.29, 0.717) is 57.9 Å². The van der Waals surface area contributed by atoms with Crippen LogP contribution in [0.5, 0.6) is 17.2 Å². The molecule has 0 atom stereocenters. The van der Waals surface area contributed by atoms with Gasteiger partial charge in [0, 0.05) is 23.1 Å². The molecule has 0 unspecified atom stereocenters. The molecule has 9 heteroatoms. The first-order valence-corrected chi connectivity index (χ1v) is 11.4. The molecular formula is C26H19Cl2NO6. The fraction of sp³-hybridized carbons (Fsp3) is 0.154. The Balaban J connectivity index is 1.41. The number of hydrogen-bond donors (Lipinski definition) is 0. The first-order chi connectivity index (χ1) is 16.9. The number of nitrogens with zero attached hydrogens (tertiary/aromatic N) is 1. The monoisotopic (exact) mass is 511 g/mol. The summed E-state index contributed by atoms with van der Waals surface area (Å²) in [5, 5.41) is 1.53. The smallest absolute Gasteiger partial charge is 0.337 e. The Morgan fingerprint density at radius 3 is 2.63 bits per heavy atom. The van der Waals surface area contributed by atoms with Gasteiger partial charge in [-0.2, -0.15) is 0 Å². The van der Waals surface area contributed by atoms with Gasteiger partial charge in [-0.15, -0.1) is 0 Å². The van der Waals surface area contributed by atoms with E-state index in [9.17, 15) is 9.59 Å². The minimum atomic E-state index is -0.457. The number of hydrogen-bond acceptors (Lipinski definition) is 7. The molecule has 5 rings (SSSR count). The maximum atomic E-state index is 13.1. The van der Waals surface area contributed by atoms with Crippen molar-refractivity contribution in [3.05, 3.63) is 97.8 Å². The topological polar surface area (TPSA) is 78.2 Å². The molecule has 7 nitrogen and oxygen atoms in total. The Hall–Kier alpha value is -3.52. The summed E-state index contributed by atoms with van der Waals surface area (Å²) in [6.45, 7) is 1.41. The summed E-state index contributed by atoms with van der Waals surface area (Å²) in [6.07, 6.45) is 1.29. The predicted octanol–water partition coefficient (Wildman–Crippen LogP) is 6.03. The number of benzene rings is 3. The van der Waals surface area contributed by atoms with Crippen LogP contribution in [0.3, 0.4) is 0 Å². The Morgan fingerprint density at radius 1 is 1.09 bits per heavy atom. The lowest BCUT2D eigenvalue weighted by Gasteiger charge is -2.29. The van der Waals surface area contributed by atoms with Gasteiger partial charge in [0.05, 0.1) is 23.6 Å². The van der Waals surface area contributed by atoms with Gasteiger partial charge in [-0.05, 0) is 54.1 Å². The molecule has 0 saturated heterocycles. The van der Waals surface area contributed by atoms with E-state index in [1.165, 1.54) is 13.4 Å². The van der Waals surface area contributed by atoms with Gasteiger partial charge in [0.2, 0.25) is 11.2 Å². The van der Waals surface area contributed by atoms with E-state index in [4.69, 9.17) is 37.1 Å². The van der Waals surface area contributed by atoms with Crippen LogP contribution in [-0.4, -0.2) is 24.7 Å². The van der Waals surface area contributed by atoms with Gasteiger partial charge in [0.1, 0.15) is 30.1 Å². The van der Waals surface area contributed by atoms with Crippen molar-refractivity contribution >= 4 is 40.1 Å². The minimum absolute atomic E-state index is 0.0322. The molecule has 0 aliphatic carbocycles. The van der Waals surface area contributed by atoms with Crippen molar-refractivity contribution < 1.29 is 23.4 Å². The van der Waals surface area contributed by atoms with Crippen molar-refractivity contribution in [3.8, 4) is 17.2 Å². The molecule has 1 aromatic heterocycles. The first kappa shape index (κ1) is 23.2. The normalized spacial score (nSPS) is 13.2. The summed E-state index contributed by atoms with van der Waals surface area (Å²) >= 11 is 12.3. The molecule has 0 amide bonds. The Bertz CT molecular complexity index is 1480. The van der Waals surface area contributed by atoms with Crippen LogP contribution in [0.25, 0.3) is 11.0 Å². The SMILES string of the molecule is COC(=O)c1ccc(Oc2coc3c4c(ccc3c2=O)OCN(Cc2ccc(Cl)cc2Cl)C4)cc1. The fourth-order valence-electron chi connectivity index (χ4n) is 3.90. The van der Waals surface area contributed by atoms with Crippen LogP contribution in [0.2, 0.25) is 10.0 Å². The van der Waals surface area contributed by atoms with Gasteiger partial charge in [0.25, 0.3) is 0 Å². The van der Waals surface area contributed by atoms with E-state index in [0.717, 1.165) is 11.1 Å². The zero-order valence-electron chi connectivity index (χ0n) is 18.5. The summed E-state index contributed by atoms with van der Waals surface area (Å²) < 4.78 is 22.2. The Labute approximate surface area is 210 Å². The molecule has 3 aromatic carbocycles. The second-order valence-corrected chi connectivity index (χ2v) is 8.81. The number of halogens is 2. The zero-order chi connectivity index (χ0) is 24.5. The number of carbonyl (C=O) groups is 1. The summed E-state index contributed by atoms with van der Waals surface area (Å²) in [6, 6.07) is 15.1. The quantitative estimate of drug-likeness (QED) is 0.302. The second kappa shape index (κ2) is 9.62. The highest BCUT2D eigenvalue weighted by molar-refractivity contribution is 6.35. The van der Waals surface area contributed by atoms with E-state index < -0.39 is 5.97 Å². The van der Waals surface area contributed by atoms with Gasteiger partial charge < -0.3 is 18.6 Å². The summed E-state index contributed by atoms with van der Waals surface area (Å²) in [4.78, 5) is 26.8. The van der Waals surface area contributed by atoms with Crippen LogP contribution in [0.15, 0.2) is 70.1 Å². The average Bonchev–Trinajstić information content (AvgIpc) is 2.87. The number of esters is 1. The molecule has 1 aliphatic heterocycles. The van der Waals surface area contributed by atoms with Crippen LogP contribution < -0.4 is 14.9 Å². The largest absolute Gasteiger partial charge is 0.478 e. The molecule has 4 aromatic rings. The molecule has 0 spiro atoms. The lowest BCUT2D eigenvalue weighted by molar-refractivity contribution is 0.0600. The molecule has 0 N–H and O–H groups in total. The lowest BCUT2D eigenvalue weighted by atomic mass is 10.1. The fourth-order valence-corrected chi connectivity index (χ4v) is 4.37. The number of rotatable bonds is 5.